The maximum atomic E-state index is 8.64. The molecule has 0 radical (unpaired) electrons. The fourth-order valence-corrected chi connectivity index (χ4v) is 1.10. The van der Waals surface area contributed by atoms with Crippen molar-refractivity contribution >= 4 is 0 Å². The first-order valence-electron chi connectivity index (χ1n) is 5.56. The molecule has 0 bridgehead atoms. The molecule has 94 valence electrons. The van der Waals surface area contributed by atoms with Crippen LogP contribution in [-0.2, 0) is 14.2 Å². The Morgan fingerprint density at radius 3 is 2.38 bits per heavy atom. The molecule has 0 spiro atoms. The van der Waals surface area contributed by atoms with E-state index in [2.05, 4.69) is 11.4 Å². The zero-order valence-corrected chi connectivity index (χ0v) is 10.2. The van der Waals surface area contributed by atoms with Gasteiger partial charge in [0.05, 0.1) is 25.3 Å². The maximum Gasteiger partial charge on any atom is 0.0972 e. The Morgan fingerprint density at radius 2 is 1.81 bits per heavy atom. The molecule has 0 aliphatic rings. The Hall–Kier alpha value is -0.670. The molecule has 0 rings (SSSR count). The predicted molar refractivity (Wildman–Crippen MR) is 61.2 cm³/mol. The first-order valence-corrected chi connectivity index (χ1v) is 5.56. The molecule has 0 fully saturated rings. The number of nitriles is 1. The second-order valence-electron chi connectivity index (χ2n) is 3.33. The molecule has 0 aromatic rings. The van der Waals surface area contributed by atoms with Gasteiger partial charge in [0.2, 0.25) is 0 Å². The molecule has 1 N–H and O–H groups in total. The minimum absolute atomic E-state index is 0.123. The average molecular weight is 230 g/mol. The highest BCUT2D eigenvalue weighted by molar-refractivity contribution is 4.87. The SMILES string of the molecule is CNC(C#N)CCOCCOCCCOC. The van der Waals surface area contributed by atoms with E-state index in [1.54, 1.807) is 14.2 Å². The van der Waals surface area contributed by atoms with E-state index in [1.807, 2.05) is 0 Å². The fraction of sp³-hybridized carbons (Fsp3) is 0.909. The molecule has 5 heteroatoms. The van der Waals surface area contributed by atoms with E-state index in [4.69, 9.17) is 19.5 Å². The normalized spacial score (nSPS) is 12.3. The van der Waals surface area contributed by atoms with Crippen LogP contribution in [0.5, 0.6) is 0 Å². The lowest BCUT2D eigenvalue weighted by Gasteiger charge is -2.08. The standard InChI is InChI=1S/C11H22N2O3/c1-13-11(10-12)4-7-16-9-8-15-6-3-5-14-2/h11,13H,3-9H2,1-2H3. The third-order valence-electron chi connectivity index (χ3n) is 2.06. The van der Waals surface area contributed by atoms with Crippen LogP contribution in [0.1, 0.15) is 12.8 Å². The van der Waals surface area contributed by atoms with E-state index in [0.717, 1.165) is 13.0 Å². The number of ether oxygens (including phenoxy) is 3. The largest absolute Gasteiger partial charge is 0.385 e. The van der Waals surface area contributed by atoms with E-state index >= 15 is 0 Å². The van der Waals surface area contributed by atoms with Crippen molar-refractivity contribution in [3.05, 3.63) is 0 Å². The number of nitrogens with one attached hydrogen (secondary N) is 1. The molecule has 0 aromatic heterocycles. The number of rotatable bonds is 11. The van der Waals surface area contributed by atoms with Gasteiger partial charge >= 0.3 is 0 Å². The summed E-state index contributed by atoms with van der Waals surface area (Å²) in [7, 11) is 3.45. The van der Waals surface area contributed by atoms with Gasteiger partial charge in [-0.3, -0.25) is 0 Å². The van der Waals surface area contributed by atoms with Gasteiger partial charge in [-0.2, -0.15) is 5.26 Å². The van der Waals surface area contributed by atoms with Crippen molar-refractivity contribution in [1.82, 2.24) is 5.32 Å². The Bertz CT molecular complexity index is 183. The molecule has 0 heterocycles. The van der Waals surface area contributed by atoms with Gasteiger partial charge < -0.3 is 19.5 Å². The van der Waals surface area contributed by atoms with Gasteiger partial charge in [-0.25, -0.2) is 0 Å². The van der Waals surface area contributed by atoms with Crippen LogP contribution in [0.2, 0.25) is 0 Å². The zero-order valence-electron chi connectivity index (χ0n) is 10.2. The second kappa shape index (κ2) is 12.4. The van der Waals surface area contributed by atoms with Crippen LogP contribution in [0.4, 0.5) is 0 Å². The van der Waals surface area contributed by atoms with Crippen molar-refractivity contribution in [1.29, 1.82) is 5.26 Å². The Morgan fingerprint density at radius 1 is 1.12 bits per heavy atom. The summed E-state index contributed by atoms with van der Waals surface area (Å²) in [6.07, 6.45) is 1.61. The highest BCUT2D eigenvalue weighted by Gasteiger charge is 2.02. The van der Waals surface area contributed by atoms with Gasteiger partial charge in [0.25, 0.3) is 0 Å². The summed E-state index contributed by atoms with van der Waals surface area (Å²) in [5.41, 5.74) is 0. The minimum atomic E-state index is -0.123. The van der Waals surface area contributed by atoms with Crippen LogP contribution in [-0.4, -0.2) is 53.2 Å². The predicted octanol–water partition coefficient (Wildman–Crippen LogP) is 0.558. The number of methoxy groups -OCH3 is 1. The molecule has 0 aliphatic heterocycles. The fourth-order valence-electron chi connectivity index (χ4n) is 1.10. The molecule has 0 saturated heterocycles. The molecular formula is C11H22N2O3. The average Bonchev–Trinajstić information content (AvgIpc) is 2.32. The molecule has 0 amide bonds. The van der Waals surface area contributed by atoms with Crippen molar-refractivity contribution < 1.29 is 14.2 Å². The molecule has 0 aromatic carbocycles. The summed E-state index contributed by atoms with van der Waals surface area (Å²) >= 11 is 0. The van der Waals surface area contributed by atoms with Crippen molar-refractivity contribution in [2.24, 2.45) is 0 Å². The Balaban J connectivity index is 3.07. The summed E-state index contributed by atoms with van der Waals surface area (Å²) in [6.45, 7) is 3.19. The van der Waals surface area contributed by atoms with Crippen molar-refractivity contribution in [2.45, 2.75) is 18.9 Å². The van der Waals surface area contributed by atoms with E-state index in [-0.39, 0.29) is 6.04 Å². The lowest BCUT2D eigenvalue weighted by Crippen LogP contribution is -2.24. The number of hydrogen-bond donors (Lipinski definition) is 1. The minimum Gasteiger partial charge on any atom is -0.385 e. The topological polar surface area (TPSA) is 63.5 Å². The smallest absolute Gasteiger partial charge is 0.0972 e. The molecule has 1 atom stereocenters. The number of hydrogen-bond acceptors (Lipinski definition) is 5. The monoisotopic (exact) mass is 230 g/mol. The highest BCUT2D eigenvalue weighted by Crippen LogP contribution is 1.91. The van der Waals surface area contributed by atoms with Crippen LogP contribution >= 0.6 is 0 Å². The molecule has 5 nitrogen and oxygen atoms in total. The Kier molecular flexibility index (Phi) is 11.9. The zero-order chi connectivity index (χ0) is 12.1. The second-order valence-corrected chi connectivity index (χ2v) is 3.33. The van der Waals surface area contributed by atoms with Crippen molar-refractivity contribution in [3.8, 4) is 6.07 Å². The van der Waals surface area contributed by atoms with Crippen molar-refractivity contribution in [2.75, 3.05) is 47.2 Å². The van der Waals surface area contributed by atoms with Crippen LogP contribution in [0.25, 0.3) is 0 Å². The molecule has 0 saturated carbocycles. The van der Waals surface area contributed by atoms with E-state index in [1.165, 1.54) is 0 Å². The van der Waals surface area contributed by atoms with Gasteiger partial charge in [0.1, 0.15) is 0 Å². The van der Waals surface area contributed by atoms with Gasteiger partial charge in [-0.05, 0) is 19.9 Å². The summed E-state index contributed by atoms with van der Waals surface area (Å²) in [5.74, 6) is 0. The van der Waals surface area contributed by atoms with E-state index in [9.17, 15) is 0 Å². The molecule has 16 heavy (non-hydrogen) atoms. The van der Waals surface area contributed by atoms with E-state index in [0.29, 0.717) is 32.8 Å². The van der Waals surface area contributed by atoms with Crippen LogP contribution < -0.4 is 5.32 Å². The van der Waals surface area contributed by atoms with Crippen molar-refractivity contribution in [3.63, 3.8) is 0 Å². The van der Waals surface area contributed by atoms with Gasteiger partial charge in [-0.1, -0.05) is 0 Å². The van der Waals surface area contributed by atoms with Crippen LogP contribution in [0.3, 0.4) is 0 Å². The van der Waals surface area contributed by atoms with Gasteiger partial charge in [0.15, 0.2) is 0 Å². The molecule has 1 unspecified atom stereocenters. The molecule has 0 aliphatic carbocycles. The summed E-state index contributed by atoms with van der Waals surface area (Å²) in [6, 6.07) is 2.02. The lowest BCUT2D eigenvalue weighted by atomic mass is 10.2. The van der Waals surface area contributed by atoms with Crippen LogP contribution in [0.15, 0.2) is 0 Å². The Labute approximate surface area is 97.7 Å². The van der Waals surface area contributed by atoms with Crippen LogP contribution in [0, 0.1) is 11.3 Å². The maximum absolute atomic E-state index is 8.64. The number of nitrogens with zero attached hydrogens (tertiary/aromatic N) is 1. The first-order chi connectivity index (χ1) is 7.85. The first kappa shape index (κ1) is 15.3. The third-order valence-corrected chi connectivity index (χ3v) is 2.06. The van der Waals surface area contributed by atoms with E-state index < -0.39 is 0 Å². The molecular weight excluding hydrogens is 208 g/mol. The highest BCUT2D eigenvalue weighted by atomic mass is 16.5. The van der Waals surface area contributed by atoms with Gasteiger partial charge in [-0.15, -0.1) is 0 Å². The third kappa shape index (κ3) is 9.87. The summed E-state index contributed by atoms with van der Waals surface area (Å²) < 4.78 is 15.5. The summed E-state index contributed by atoms with van der Waals surface area (Å²) in [5, 5.41) is 11.5. The van der Waals surface area contributed by atoms with Gasteiger partial charge in [0, 0.05) is 26.9 Å². The quantitative estimate of drug-likeness (QED) is 0.525. The summed E-state index contributed by atoms with van der Waals surface area (Å²) in [4.78, 5) is 0. The lowest BCUT2D eigenvalue weighted by molar-refractivity contribution is 0.0382.